The molecule has 0 saturated carbocycles. The van der Waals surface area contributed by atoms with Gasteiger partial charge in [-0.1, -0.05) is 91.0 Å². The van der Waals surface area contributed by atoms with E-state index in [-0.39, 0.29) is 12.1 Å². The van der Waals surface area contributed by atoms with Crippen LogP contribution in [0.1, 0.15) is 28.8 Å². The molecule has 0 bridgehead atoms. The first-order valence-electron chi connectivity index (χ1n) is 8.35. The van der Waals surface area contributed by atoms with E-state index in [0.29, 0.717) is 0 Å². The van der Waals surface area contributed by atoms with E-state index in [0.717, 1.165) is 6.54 Å². The van der Waals surface area contributed by atoms with Crippen molar-refractivity contribution >= 4 is 6.34 Å². The summed E-state index contributed by atoms with van der Waals surface area (Å²) in [6, 6.07) is 32.2. The monoisotopic (exact) mass is 312 g/mol. The first kappa shape index (κ1) is 14.7. The summed E-state index contributed by atoms with van der Waals surface area (Å²) >= 11 is 0. The molecule has 0 fully saturated rings. The van der Waals surface area contributed by atoms with Crippen molar-refractivity contribution in [1.29, 1.82) is 0 Å². The molecule has 2 unspecified atom stereocenters. The fourth-order valence-corrected chi connectivity index (χ4v) is 3.37. The Morgan fingerprint density at radius 2 is 1.21 bits per heavy atom. The topological polar surface area (TPSA) is 15.6 Å². The van der Waals surface area contributed by atoms with E-state index in [2.05, 4.69) is 95.9 Å². The lowest BCUT2D eigenvalue weighted by atomic mass is 9.93. The molecular formula is C22H20N2. The molecule has 4 rings (SSSR count). The Bertz CT molecular complexity index is 797. The standard InChI is InChI=1S/C22H20N2/c1-4-10-18(11-5-1)16-24-17-23-21(19-12-6-2-7-13-19)22(24)20-14-8-3-9-15-20/h1-15,17,21-22H,16H2. The SMILES string of the molecule is C1=NC(c2ccccc2)C(c2ccccc2)N1Cc1ccccc1. The summed E-state index contributed by atoms with van der Waals surface area (Å²) in [6.45, 7) is 0.868. The van der Waals surface area contributed by atoms with Gasteiger partial charge < -0.3 is 4.90 Å². The maximum Gasteiger partial charge on any atom is 0.101 e. The predicted octanol–water partition coefficient (Wildman–Crippen LogP) is 5.01. The highest BCUT2D eigenvalue weighted by Crippen LogP contribution is 2.40. The lowest BCUT2D eigenvalue weighted by Crippen LogP contribution is -2.25. The molecular weight excluding hydrogens is 292 g/mol. The molecule has 1 heterocycles. The summed E-state index contributed by atoms with van der Waals surface area (Å²) in [5.41, 5.74) is 3.87. The van der Waals surface area contributed by atoms with Gasteiger partial charge in [0.25, 0.3) is 0 Å². The highest BCUT2D eigenvalue weighted by molar-refractivity contribution is 5.61. The Labute approximate surface area is 143 Å². The summed E-state index contributed by atoms with van der Waals surface area (Å²) in [4.78, 5) is 7.19. The van der Waals surface area contributed by atoms with Gasteiger partial charge >= 0.3 is 0 Å². The second-order valence-electron chi connectivity index (χ2n) is 6.13. The summed E-state index contributed by atoms with van der Waals surface area (Å²) in [5, 5.41) is 0. The minimum atomic E-state index is 0.136. The van der Waals surface area contributed by atoms with Gasteiger partial charge in [0.2, 0.25) is 0 Å². The van der Waals surface area contributed by atoms with Crippen molar-refractivity contribution in [3.63, 3.8) is 0 Å². The average molecular weight is 312 g/mol. The summed E-state index contributed by atoms with van der Waals surface area (Å²) in [5.74, 6) is 0. The van der Waals surface area contributed by atoms with E-state index in [1.54, 1.807) is 0 Å². The van der Waals surface area contributed by atoms with E-state index in [1.165, 1.54) is 16.7 Å². The van der Waals surface area contributed by atoms with E-state index in [4.69, 9.17) is 4.99 Å². The average Bonchev–Trinajstić information content (AvgIpc) is 3.07. The second-order valence-corrected chi connectivity index (χ2v) is 6.13. The Morgan fingerprint density at radius 1 is 0.667 bits per heavy atom. The normalized spacial score (nSPS) is 19.6. The highest BCUT2D eigenvalue weighted by atomic mass is 15.2. The molecule has 24 heavy (non-hydrogen) atoms. The predicted molar refractivity (Wildman–Crippen MR) is 98.8 cm³/mol. The first-order chi connectivity index (χ1) is 11.9. The first-order valence-corrected chi connectivity index (χ1v) is 8.35. The molecule has 0 radical (unpaired) electrons. The zero-order chi connectivity index (χ0) is 16.2. The van der Waals surface area contributed by atoms with E-state index >= 15 is 0 Å². The molecule has 1 aliphatic heterocycles. The van der Waals surface area contributed by atoms with Crippen molar-refractivity contribution in [2.24, 2.45) is 4.99 Å². The summed E-state index contributed by atoms with van der Waals surface area (Å²) in [6.07, 6.45) is 2.02. The molecule has 3 aromatic rings. The van der Waals surface area contributed by atoms with Gasteiger partial charge in [-0.3, -0.25) is 4.99 Å². The van der Waals surface area contributed by atoms with Crippen LogP contribution in [0.4, 0.5) is 0 Å². The summed E-state index contributed by atoms with van der Waals surface area (Å²) in [7, 11) is 0. The fourth-order valence-electron chi connectivity index (χ4n) is 3.37. The molecule has 0 aromatic heterocycles. The molecule has 2 nitrogen and oxygen atoms in total. The van der Waals surface area contributed by atoms with Crippen LogP contribution in [0.5, 0.6) is 0 Å². The highest BCUT2D eigenvalue weighted by Gasteiger charge is 2.32. The molecule has 3 aromatic carbocycles. The van der Waals surface area contributed by atoms with E-state index < -0.39 is 0 Å². The molecule has 2 heteroatoms. The van der Waals surface area contributed by atoms with Crippen LogP contribution < -0.4 is 0 Å². The van der Waals surface area contributed by atoms with Crippen LogP contribution in [0, 0.1) is 0 Å². The van der Waals surface area contributed by atoms with Crippen molar-refractivity contribution in [3.05, 3.63) is 108 Å². The molecule has 0 aliphatic carbocycles. The molecule has 0 saturated heterocycles. The third-order valence-corrected chi connectivity index (χ3v) is 4.52. The van der Waals surface area contributed by atoms with Gasteiger partial charge in [-0.05, 0) is 16.7 Å². The number of nitrogens with zero attached hydrogens (tertiary/aromatic N) is 2. The smallest absolute Gasteiger partial charge is 0.101 e. The van der Waals surface area contributed by atoms with Crippen LogP contribution in [-0.2, 0) is 6.54 Å². The summed E-state index contributed by atoms with van der Waals surface area (Å²) < 4.78 is 0. The number of aliphatic imine (C=N–C) groups is 1. The zero-order valence-corrected chi connectivity index (χ0v) is 13.5. The lowest BCUT2D eigenvalue weighted by molar-refractivity contribution is 0.310. The van der Waals surface area contributed by atoms with Gasteiger partial charge in [-0.15, -0.1) is 0 Å². The maximum absolute atomic E-state index is 4.84. The van der Waals surface area contributed by atoms with Crippen molar-refractivity contribution in [2.75, 3.05) is 0 Å². The van der Waals surface area contributed by atoms with Crippen molar-refractivity contribution < 1.29 is 0 Å². The number of hydrogen-bond acceptors (Lipinski definition) is 2. The van der Waals surface area contributed by atoms with Crippen LogP contribution in [0.3, 0.4) is 0 Å². The Hall–Kier alpha value is -2.87. The molecule has 118 valence electrons. The van der Waals surface area contributed by atoms with Crippen molar-refractivity contribution in [3.8, 4) is 0 Å². The minimum Gasteiger partial charge on any atom is -0.349 e. The third kappa shape index (κ3) is 2.95. The van der Waals surface area contributed by atoms with E-state index in [1.807, 2.05) is 6.34 Å². The Kier molecular flexibility index (Phi) is 4.11. The van der Waals surface area contributed by atoms with Crippen molar-refractivity contribution in [2.45, 2.75) is 18.6 Å². The fraction of sp³-hybridized carbons (Fsp3) is 0.136. The zero-order valence-electron chi connectivity index (χ0n) is 13.5. The van der Waals surface area contributed by atoms with Crippen LogP contribution >= 0.6 is 0 Å². The van der Waals surface area contributed by atoms with Crippen LogP contribution in [0.15, 0.2) is 96.0 Å². The Balaban J connectivity index is 1.68. The number of benzene rings is 3. The van der Waals surface area contributed by atoms with Crippen LogP contribution in [0.2, 0.25) is 0 Å². The molecule has 0 amide bonds. The largest absolute Gasteiger partial charge is 0.349 e. The molecule has 1 aliphatic rings. The van der Waals surface area contributed by atoms with E-state index in [9.17, 15) is 0 Å². The molecule has 0 N–H and O–H groups in total. The maximum atomic E-state index is 4.84. The number of rotatable bonds is 4. The van der Waals surface area contributed by atoms with Gasteiger partial charge in [-0.25, -0.2) is 0 Å². The van der Waals surface area contributed by atoms with Crippen LogP contribution in [-0.4, -0.2) is 11.2 Å². The van der Waals surface area contributed by atoms with Crippen LogP contribution in [0.25, 0.3) is 0 Å². The quantitative estimate of drug-likeness (QED) is 0.661. The van der Waals surface area contributed by atoms with Crippen molar-refractivity contribution in [1.82, 2.24) is 4.90 Å². The third-order valence-electron chi connectivity index (χ3n) is 4.52. The lowest BCUT2D eigenvalue weighted by Gasteiger charge is -2.29. The van der Waals surface area contributed by atoms with Gasteiger partial charge in [0.05, 0.1) is 12.4 Å². The Morgan fingerprint density at radius 3 is 1.83 bits per heavy atom. The molecule has 0 spiro atoms. The van der Waals surface area contributed by atoms with Gasteiger partial charge in [0, 0.05) is 6.54 Å². The van der Waals surface area contributed by atoms with Gasteiger partial charge in [0.15, 0.2) is 0 Å². The van der Waals surface area contributed by atoms with Gasteiger partial charge in [0.1, 0.15) is 6.04 Å². The second kappa shape index (κ2) is 6.71. The van der Waals surface area contributed by atoms with Gasteiger partial charge in [-0.2, -0.15) is 0 Å². The molecule has 2 atom stereocenters. The minimum absolute atomic E-state index is 0.136. The number of hydrogen-bond donors (Lipinski definition) is 0.